The van der Waals surface area contributed by atoms with Crippen molar-refractivity contribution < 1.29 is 14.3 Å². The highest BCUT2D eigenvalue weighted by Gasteiger charge is 2.28. The lowest BCUT2D eigenvalue weighted by atomic mass is 10.1. The zero-order valence-electron chi connectivity index (χ0n) is 24.3. The first-order valence-electron chi connectivity index (χ1n) is 14.3. The van der Waals surface area contributed by atoms with Crippen LogP contribution in [0.2, 0.25) is 0 Å². The number of nitrogens with zero attached hydrogens (tertiary/aromatic N) is 7. The van der Waals surface area contributed by atoms with Crippen molar-refractivity contribution in [2.75, 3.05) is 45.0 Å². The monoisotopic (exact) mass is 560 g/mol. The molecule has 4 heterocycles. The number of carbonyl (C=O) groups excluding carboxylic acids is 2. The quantitative estimate of drug-likeness (QED) is 0.467. The van der Waals surface area contributed by atoms with Crippen LogP contribution in [-0.2, 0) is 16.1 Å². The van der Waals surface area contributed by atoms with Gasteiger partial charge >= 0.3 is 6.09 Å². The fraction of sp³-hybridized carbons (Fsp3) is 0.500. The molecule has 11 nitrogen and oxygen atoms in total. The Hall–Kier alpha value is -3.99. The lowest BCUT2D eigenvalue weighted by molar-refractivity contribution is -0.127. The van der Waals surface area contributed by atoms with Gasteiger partial charge < -0.3 is 20.3 Å². The minimum Gasteiger partial charge on any atom is -0.444 e. The summed E-state index contributed by atoms with van der Waals surface area (Å²) in [6.07, 6.45) is 5.25. The van der Waals surface area contributed by atoms with Gasteiger partial charge in [-0.2, -0.15) is 5.10 Å². The maximum Gasteiger partial charge on any atom is 0.410 e. The molecule has 1 aromatic carbocycles. The Morgan fingerprint density at radius 1 is 1.05 bits per heavy atom. The molecule has 3 aromatic rings. The first kappa shape index (κ1) is 28.5. The van der Waals surface area contributed by atoms with Crippen LogP contribution in [0.1, 0.15) is 51.6 Å². The fourth-order valence-corrected chi connectivity index (χ4v) is 5.60. The van der Waals surface area contributed by atoms with E-state index in [4.69, 9.17) is 15.6 Å². The van der Waals surface area contributed by atoms with E-state index in [0.717, 1.165) is 55.5 Å². The molecule has 0 spiro atoms. The van der Waals surface area contributed by atoms with Gasteiger partial charge in [0.05, 0.1) is 11.4 Å². The van der Waals surface area contributed by atoms with Crippen molar-refractivity contribution >= 4 is 28.9 Å². The van der Waals surface area contributed by atoms with Crippen LogP contribution in [0.5, 0.6) is 0 Å². The number of likely N-dealkylation sites (tertiary alicyclic amines) is 1. The molecule has 1 atom stereocenters. The van der Waals surface area contributed by atoms with Crippen LogP contribution in [0.15, 0.2) is 43.2 Å². The summed E-state index contributed by atoms with van der Waals surface area (Å²) in [6.45, 7) is 14.4. The summed E-state index contributed by atoms with van der Waals surface area (Å²) >= 11 is 0. The number of fused-ring (bicyclic) bond motifs is 1. The molecule has 1 unspecified atom stereocenters. The summed E-state index contributed by atoms with van der Waals surface area (Å²) in [6, 6.07) is 8.34. The molecule has 2 saturated heterocycles. The largest absolute Gasteiger partial charge is 0.444 e. The number of carbonyl (C=O) groups is 2. The van der Waals surface area contributed by atoms with Crippen molar-refractivity contribution in [1.82, 2.24) is 34.4 Å². The molecular weight excluding hydrogens is 520 g/mol. The highest BCUT2D eigenvalue weighted by molar-refractivity contribution is 5.98. The number of hydrogen-bond acceptors (Lipinski definition) is 8. The van der Waals surface area contributed by atoms with Gasteiger partial charge in [-0.15, -0.1) is 0 Å². The molecule has 2 aliphatic rings. The van der Waals surface area contributed by atoms with Crippen molar-refractivity contribution in [3.63, 3.8) is 0 Å². The number of hydrogen-bond donors (Lipinski definition) is 1. The van der Waals surface area contributed by atoms with E-state index in [9.17, 15) is 9.59 Å². The number of benzene rings is 1. The van der Waals surface area contributed by atoms with Crippen molar-refractivity contribution in [2.24, 2.45) is 0 Å². The number of rotatable bonds is 5. The third-order valence-corrected chi connectivity index (χ3v) is 7.62. The summed E-state index contributed by atoms with van der Waals surface area (Å²) in [7, 11) is 0. The van der Waals surface area contributed by atoms with Gasteiger partial charge in [-0.3, -0.25) is 9.69 Å². The smallest absolute Gasteiger partial charge is 0.410 e. The molecule has 218 valence electrons. The summed E-state index contributed by atoms with van der Waals surface area (Å²) in [4.78, 5) is 39.6. The lowest BCUT2D eigenvalue weighted by Crippen LogP contribution is -2.40. The summed E-state index contributed by atoms with van der Waals surface area (Å²) < 4.78 is 7.47. The molecule has 0 bridgehead atoms. The summed E-state index contributed by atoms with van der Waals surface area (Å²) in [5.41, 5.74) is 9.37. The van der Waals surface area contributed by atoms with Gasteiger partial charge in [-0.1, -0.05) is 30.8 Å². The van der Waals surface area contributed by atoms with Gasteiger partial charge in [0.1, 0.15) is 23.4 Å². The Kier molecular flexibility index (Phi) is 8.25. The Morgan fingerprint density at radius 2 is 1.80 bits per heavy atom. The standard InChI is InChI=1S/C30H40N8O3/c1-5-24(39)37-14-6-8-23(19-37)38-28-25(27(31)32-20-33-28)26(34-38)22-11-9-21(10-12-22)18-35-13-7-15-36(17-16-35)29(40)41-30(2,3)4/h5,9-12,20,23H,1,6-8,13-19H2,2-4H3,(H2,31,32,33). The van der Waals surface area contributed by atoms with Crippen LogP contribution >= 0.6 is 0 Å². The fourth-order valence-electron chi connectivity index (χ4n) is 5.60. The van der Waals surface area contributed by atoms with Gasteiger partial charge in [0.25, 0.3) is 0 Å². The SMILES string of the molecule is C=CC(=O)N1CCCC(n2nc(-c3ccc(CN4CCCN(C(=O)OC(C)(C)C)CC4)cc3)c3c(N)ncnc32)C1. The molecule has 2 N–H and O–H groups in total. The molecule has 2 amide bonds. The first-order chi connectivity index (χ1) is 19.6. The van der Waals surface area contributed by atoms with Gasteiger partial charge in [-0.05, 0) is 51.7 Å². The van der Waals surface area contributed by atoms with Crippen molar-refractivity contribution in [3.05, 3.63) is 48.8 Å². The molecule has 0 aliphatic carbocycles. The van der Waals surface area contributed by atoms with Gasteiger partial charge in [0, 0.05) is 51.4 Å². The van der Waals surface area contributed by atoms with E-state index in [-0.39, 0.29) is 18.0 Å². The van der Waals surface area contributed by atoms with E-state index >= 15 is 0 Å². The van der Waals surface area contributed by atoms with Gasteiger partial charge in [0.15, 0.2) is 5.65 Å². The topological polar surface area (TPSA) is 123 Å². The number of amides is 2. The molecule has 5 rings (SSSR count). The minimum absolute atomic E-state index is 0.0132. The highest BCUT2D eigenvalue weighted by atomic mass is 16.6. The Labute approximate surface area is 241 Å². The number of nitrogen functional groups attached to an aromatic ring is 1. The van der Waals surface area contributed by atoms with Crippen LogP contribution in [0.3, 0.4) is 0 Å². The van der Waals surface area contributed by atoms with E-state index in [2.05, 4.69) is 45.7 Å². The summed E-state index contributed by atoms with van der Waals surface area (Å²) in [5.74, 6) is 0.312. The molecule has 0 radical (unpaired) electrons. The van der Waals surface area contributed by atoms with Crippen molar-refractivity contribution in [1.29, 1.82) is 0 Å². The van der Waals surface area contributed by atoms with E-state index in [1.807, 2.05) is 30.4 Å². The van der Waals surface area contributed by atoms with Crippen molar-refractivity contribution in [2.45, 2.75) is 58.2 Å². The van der Waals surface area contributed by atoms with Gasteiger partial charge in [-0.25, -0.2) is 19.4 Å². The number of anilines is 1. The van der Waals surface area contributed by atoms with Crippen LogP contribution < -0.4 is 5.73 Å². The molecule has 2 fully saturated rings. The number of aromatic nitrogens is 4. The number of ether oxygens (including phenoxy) is 1. The van der Waals surface area contributed by atoms with E-state index in [1.165, 1.54) is 18.0 Å². The van der Waals surface area contributed by atoms with Gasteiger partial charge in [0.2, 0.25) is 5.91 Å². The maximum absolute atomic E-state index is 12.5. The van der Waals surface area contributed by atoms with E-state index in [1.54, 1.807) is 4.90 Å². The van der Waals surface area contributed by atoms with E-state index in [0.29, 0.717) is 37.6 Å². The normalized spacial score (nSPS) is 18.8. The number of piperidine rings is 1. The molecular formula is C30H40N8O3. The average Bonchev–Trinajstić information content (AvgIpc) is 3.19. The molecule has 2 aromatic heterocycles. The molecule has 41 heavy (non-hydrogen) atoms. The van der Waals surface area contributed by atoms with Crippen LogP contribution in [0, 0.1) is 0 Å². The third kappa shape index (κ3) is 6.51. The van der Waals surface area contributed by atoms with Crippen molar-refractivity contribution in [3.8, 4) is 11.3 Å². The first-order valence-corrected chi connectivity index (χ1v) is 14.3. The molecule has 0 saturated carbocycles. The molecule has 11 heteroatoms. The average molecular weight is 561 g/mol. The minimum atomic E-state index is -0.496. The predicted octanol–water partition coefficient (Wildman–Crippen LogP) is 3.87. The predicted molar refractivity (Wildman–Crippen MR) is 158 cm³/mol. The van der Waals surface area contributed by atoms with Crippen LogP contribution in [-0.4, -0.2) is 91.3 Å². The second-order valence-electron chi connectivity index (χ2n) is 11.8. The Balaban J connectivity index is 1.31. The molecule has 2 aliphatic heterocycles. The lowest BCUT2D eigenvalue weighted by Gasteiger charge is -2.32. The zero-order valence-corrected chi connectivity index (χ0v) is 24.3. The maximum atomic E-state index is 12.5. The van der Waals surface area contributed by atoms with E-state index < -0.39 is 5.60 Å². The Bertz CT molecular complexity index is 1410. The summed E-state index contributed by atoms with van der Waals surface area (Å²) in [5, 5.41) is 5.71. The third-order valence-electron chi connectivity index (χ3n) is 7.62. The zero-order chi connectivity index (χ0) is 29.1. The highest BCUT2D eigenvalue weighted by Crippen LogP contribution is 2.34. The number of nitrogens with two attached hydrogens (primary N) is 1. The van der Waals surface area contributed by atoms with Crippen LogP contribution in [0.4, 0.5) is 10.6 Å². The Morgan fingerprint density at radius 3 is 2.54 bits per heavy atom. The second kappa shape index (κ2) is 11.9. The van der Waals surface area contributed by atoms with Crippen LogP contribution in [0.25, 0.3) is 22.3 Å². The second-order valence-corrected chi connectivity index (χ2v) is 11.8.